The van der Waals surface area contributed by atoms with Gasteiger partial charge in [-0.2, -0.15) is 5.10 Å². The Morgan fingerprint density at radius 3 is 2.63 bits per heavy atom. The number of aryl methyl sites for hydroxylation is 2. The summed E-state index contributed by atoms with van der Waals surface area (Å²) in [5, 5.41) is 7.29. The molecule has 1 atom stereocenters. The monoisotopic (exact) mass is 473 g/mol. The van der Waals surface area contributed by atoms with Crippen LogP contribution in [0, 0.1) is 6.92 Å². The Balaban J connectivity index is 1.61. The van der Waals surface area contributed by atoms with Gasteiger partial charge in [-0.3, -0.25) is 29.4 Å². The number of imide groups is 1. The normalized spacial score (nSPS) is 17.7. The zero-order valence-electron chi connectivity index (χ0n) is 20.5. The third-order valence-corrected chi connectivity index (χ3v) is 6.64. The fourth-order valence-electron chi connectivity index (χ4n) is 4.80. The predicted octanol–water partition coefficient (Wildman–Crippen LogP) is 3.31. The van der Waals surface area contributed by atoms with Crippen LogP contribution in [0.5, 0.6) is 0 Å². The highest BCUT2D eigenvalue weighted by atomic mass is 16.2. The van der Waals surface area contributed by atoms with E-state index in [4.69, 9.17) is 0 Å². The number of H-pyrrole nitrogens is 1. The fourth-order valence-corrected chi connectivity index (χ4v) is 4.80. The molecule has 0 radical (unpaired) electrons. The number of hydrogen-bond donors (Lipinski definition) is 1. The number of amides is 3. The van der Waals surface area contributed by atoms with Crippen LogP contribution in [-0.4, -0.2) is 49.8 Å². The van der Waals surface area contributed by atoms with Gasteiger partial charge < -0.3 is 4.90 Å². The summed E-state index contributed by atoms with van der Waals surface area (Å²) in [4.78, 5) is 47.4. The highest BCUT2D eigenvalue weighted by Gasteiger charge is 2.54. The number of rotatable bonds is 9. The van der Waals surface area contributed by atoms with Crippen molar-refractivity contribution >= 4 is 17.7 Å². The average Bonchev–Trinajstić information content (AvgIpc) is 3.38. The molecule has 8 heteroatoms. The Morgan fingerprint density at radius 1 is 1.17 bits per heavy atom. The topological polar surface area (TPSA) is 99.3 Å². The molecular weight excluding hydrogens is 442 g/mol. The molecule has 1 saturated heterocycles. The lowest BCUT2D eigenvalue weighted by molar-refractivity contribution is -0.143. The molecule has 1 aliphatic rings. The Kier molecular flexibility index (Phi) is 7.10. The van der Waals surface area contributed by atoms with Crippen molar-refractivity contribution in [1.29, 1.82) is 0 Å². The summed E-state index contributed by atoms with van der Waals surface area (Å²) >= 11 is 0. The van der Waals surface area contributed by atoms with Crippen molar-refractivity contribution < 1.29 is 14.4 Å². The van der Waals surface area contributed by atoms with E-state index in [9.17, 15) is 14.4 Å². The van der Waals surface area contributed by atoms with Crippen LogP contribution < -0.4 is 0 Å². The van der Waals surface area contributed by atoms with Crippen molar-refractivity contribution in [2.45, 2.75) is 58.0 Å². The molecule has 1 aliphatic heterocycles. The van der Waals surface area contributed by atoms with Gasteiger partial charge in [-0.25, -0.2) is 0 Å². The number of pyridine rings is 1. The van der Waals surface area contributed by atoms with Gasteiger partial charge in [0.2, 0.25) is 17.7 Å². The van der Waals surface area contributed by atoms with Crippen molar-refractivity contribution in [1.82, 2.24) is 25.0 Å². The summed E-state index contributed by atoms with van der Waals surface area (Å²) in [6.07, 6.45) is 5.01. The van der Waals surface area contributed by atoms with Crippen LogP contribution in [0.1, 0.15) is 54.3 Å². The highest BCUT2D eigenvalue weighted by Crippen LogP contribution is 2.42. The van der Waals surface area contributed by atoms with Gasteiger partial charge in [0.25, 0.3) is 0 Å². The Bertz CT molecular complexity index is 1220. The molecular formula is C27H31N5O3. The SMILES string of the molecule is CCCc1cc(CN(C)C(=O)CC2(c3ccccc3C)CC(=O)N(Cc3ccncc3)C2=O)[nH]n1. The Morgan fingerprint density at radius 2 is 1.91 bits per heavy atom. The number of benzene rings is 1. The number of carbonyl (C=O) groups excluding carboxylic acids is 3. The van der Waals surface area contributed by atoms with Crippen LogP contribution >= 0.6 is 0 Å². The number of nitrogens with one attached hydrogen (secondary N) is 1. The minimum absolute atomic E-state index is 0.0357. The Labute approximate surface area is 205 Å². The third-order valence-electron chi connectivity index (χ3n) is 6.64. The number of nitrogens with zero attached hydrogens (tertiary/aromatic N) is 4. The fraction of sp³-hybridized carbons (Fsp3) is 0.370. The van der Waals surface area contributed by atoms with Crippen molar-refractivity contribution in [3.8, 4) is 0 Å². The van der Waals surface area contributed by atoms with Crippen LogP contribution in [0.2, 0.25) is 0 Å². The van der Waals surface area contributed by atoms with E-state index in [1.54, 1.807) is 36.5 Å². The summed E-state index contributed by atoms with van der Waals surface area (Å²) < 4.78 is 0. The van der Waals surface area contributed by atoms with Gasteiger partial charge in [0.05, 0.1) is 29.9 Å². The molecule has 1 unspecified atom stereocenters. The van der Waals surface area contributed by atoms with Crippen molar-refractivity contribution in [2.24, 2.45) is 0 Å². The number of carbonyl (C=O) groups is 3. The van der Waals surface area contributed by atoms with Crippen molar-refractivity contribution in [3.63, 3.8) is 0 Å². The van der Waals surface area contributed by atoms with Gasteiger partial charge in [0, 0.05) is 32.3 Å². The summed E-state index contributed by atoms with van der Waals surface area (Å²) in [7, 11) is 1.71. The summed E-state index contributed by atoms with van der Waals surface area (Å²) in [6, 6.07) is 13.0. The molecule has 3 aromatic rings. The van der Waals surface area contributed by atoms with E-state index in [1.165, 1.54) is 4.90 Å². The molecule has 2 aromatic heterocycles. The maximum Gasteiger partial charge on any atom is 0.241 e. The molecule has 35 heavy (non-hydrogen) atoms. The number of aromatic nitrogens is 3. The third kappa shape index (κ3) is 5.01. The molecule has 0 aliphatic carbocycles. The minimum Gasteiger partial charge on any atom is -0.340 e. The summed E-state index contributed by atoms with van der Waals surface area (Å²) in [5.74, 6) is -0.808. The van der Waals surface area contributed by atoms with E-state index in [0.717, 1.165) is 40.9 Å². The molecule has 8 nitrogen and oxygen atoms in total. The molecule has 3 amide bonds. The lowest BCUT2D eigenvalue weighted by Gasteiger charge is -2.30. The van der Waals surface area contributed by atoms with Gasteiger partial charge in [-0.15, -0.1) is 0 Å². The van der Waals surface area contributed by atoms with Crippen LogP contribution in [0.15, 0.2) is 54.9 Å². The smallest absolute Gasteiger partial charge is 0.241 e. The second kappa shape index (κ2) is 10.2. The first-order valence-electron chi connectivity index (χ1n) is 11.9. The second-order valence-corrected chi connectivity index (χ2v) is 9.28. The molecule has 0 saturated carbocycles. The first kappa shape index (κ1) is 24.3. The molecule has 3 heterocycles. The van der Waals surface area contributed by atoms with Crippen LogP contribution in [-0.2, 0) is 39.3 Å². The van der Waals surface area contributed by atoms with Crippen molar-refractivity contribution in [2.75, 3.05) is 7.05 Å². The standard InChI is InChI=1S/C27H31N5O3/c1-4-7-21-14-22(30-29-21)18-31(3)24(33)15-27(23-9-6-5-8-19(23)2)16-25(34)32(26(27)35)17-20-10-12-28-13-11-20/h5-6,8-14H,4,7,15-18H2,1-3H3,(H,29,30). The van der Waals surface area contributed by atoms with Crippen LogP contribution in [0.4, 0.5) is 0 Å². The van der Waals surface area contributed by atoms with Crippen LogP contribution in [0.25, 0.3) is 0 Å². The molecule has 0 spiro atoms. The molecule has 1 N–H and O–H groups in total. The van der Waals surface area contributed by atoms with E-state index >= 15 is 0 Å². The lowest BCUT2D eigenvalue weighted by atomic mass is 9.74. The lowest BCUT2D eigenvalue weighted by Crippen LogP contribution is -2.42. The molecule has 182 valence electrons. The van der Waals surface area contributed by atoms with E-state index in [1.807, 2.05) is 37.3 Å². The maximum atomic E-state index is 13.9. The zero-order chi connectivity index (χ0) is 25.0. The largest absolute Gasteiger partial charge is 0.340 e. The zero-order valence-corrected chi connectivity index (χ0v) is 20.5. The van der Waals surface area contributed by atoms with E-state index < -0.39 is 5.41 Å². The first-order chi connectivity index (χ1) is 16.8. The summed E-state index contributed by atoms with van der Waals surface area (Å²) in [6.45, 7) is 4.51. The predicted molar refractivity (Wildman–Crippen MR) is 131 cm³/mol. The molecule has 0 bridgehead atoms. The van der Waals surface area contributed by atoms with Gasteiger partial charge in [0.1, 0.15) is 0 Å². The number of likely N-dealkylation sites (tertiary alicyclic amines) is 1. The van der Waals surface area contributed by atoms with E-state index in [0.29, 0.717) is 6.54 Å². The quantitative estimate of drug-likeness (QED) is 0.481. The molecule has 1 aromatic carbocycles. The van der Waals surface area contributed by atoms with Gasteiger partial charge >= 0.3 is 0 Å². The van der Waals surface area contributed by atoms with Gasteiger partial charge in [-0.1, -0.05) is 37.6 Å². The number of hydrogen-bond acceptors (Lipinski definition) is 5. The van der Waals surface area contributed by atoms with Crippen molar-refractivity contribution in [3.05, 3.63) is 82.9 Å². The Hall–Kier alpha value is -3.81. The second-order valence-electron chi connectivity index (χ2n) is 9.28. The number of aromatic amines is 1. The van der Waals surface area contributed by atoms with Gasteiger partial charge in [-0.05, 0) is 48.2 Å². The summed E-state index contributed by atoms with van der Waals surface area (Å²) in [5.41, 5.74) is 2.98. The molecule has 1 fully saturated rings. The minimum atomic E-state index is -1.23. The molecule has 4 rings (SSSR count). The average molecular weight is 474 g/mol. The van der Waals surface area contributed by atoms with Gasteiger partial charge in [0.15, 0.2) is 0 Å². The van der Waals surface area contributed by atoms with E-state index in [-0.39, 0.29) is 37.1 Å². The van der Waals surface area contributed by atoms with Crippen LogP contribution in [0.3, 0.4) is 0 Å². The highest BCUT2D eigenvalue weighted by molar-refractivity contribution is 6.10. The first-order valence-corrected chi connectivity index (χ1v) is 11.9. The van der Waals surface area contributed by atoms with E-state index in [2.05, 4.69) is 22.1 Å². The maximum absolute atomic E-state index is 13.9.